The van der Waals surface area contributed by atoms with Crippen LogP contribution in [0.25, 0.3) is 0 Å². The number of amides is 2. The summed E-state index contributed by atoms with van der Waals surface area (Å²) in [5.74, 6) is 1.00. The van der Waals surface area contributed by atoms with Gasteiger partial charge in [-0.25, -0.2) is 0 Å². The zero-order valence-electron chi connectivity index (χ0n) is 14.7. The van der Waals surface area contributed by atoms with Gasteiger partial charge >= 0.3 is 0 Å². The van der Waals surface area contributed by atoms with Crippen LogP contribution < -0.4 is 15.5 Å². The molecule has 3 fully saturated rings. The molecule has 0 bridgehead atoms. The van der Waals surface area contributed by atoms with Gasteiger partial charge in [0.05, 0.1) is 6.04 Å². The highest BCUT2D eigenvalue weighted by molar-refractivity contribution is 5.95. The molecule has 134 valence electrons. The number of hydrogen-bond donors (Lipinski definition) is 2. The Balaban J connectivity index is 1.29. The molecular formula is C20H27N3O2. The largest absolute Gasteiger partial charge is 0.351 e. The van der Waals surface area contributed by atoms with Crippen molar-refractivity contribution >= 4 is 17.5 Å². The molecule has 1 aromatic rings. The molecular weight excluding hydrogens is 314 g/mol. The molecule has 3 atom stereocenters. The molecule has 2 amide bonds. The molecule has 4 rings (SSSR count). The number of anilines is 1. The Morgan fingerprint density at radius 2 is 1.96 bits per heavy atom. The second-order valence-corrected chi connectivity index (χ2v) is 7.64. The molecule has 3 unspecified atom stereocenters. The lowest BCUT2D eigenvalue weighted by molar-refractivity contribution is -0.123. The number of benzene rings is 1. The SMILES string of the molecule is O=C(NCc1ccc(N2CCCC2=O)cc1)C1CC2CCCCC2N1. The van der Waals surface area contributed by atoms with Gasteiger partial charge in [-0.1, -0.05) is 25.0 Å². The Morgan fingerprint density at radius 3 is 2.68 bits per heavy atom. The van der Waals surface area contributed by atoms with E-state index in [-0.39, 0.29) is 17.9 Å². The Hall–Kier alpha value is -1.88. The summed E-state index contributed by atoms with van der Waals surface area (Å²) in [4.78, 5) is 26.1. The Bertz CT molecular complexity index is 629. The number of hydrogen-bond acceptors (Lipinski definition) is 3. The van der Waals surface area contributed by atoms with Crippen molar-refractivity contribution in [3.8, 4) is 0 Å². The average molecular weight is 341 g/mol. The predicted octanol–water partition coefficient (Wildman–Crippen LogP) is 2.35. The summed E-state index contributed by atoms with van der Waals surface area (Å²) in [6, 6.07) is 8.48. The average Bonchev–Trinajstić information content (AvgIpc) is 3.26. The minimum Gasteiger partial charge on any atom is -0.351 e. The minimum absolute atomic E-state index is 0.0328. The number of nitrogens with zero attached hydrogens (tertiary/aromatic N) is 1. The number of carbonyl (C=O) groups excluding carboxylic acids is 2. The summed E-state index contributed by atoms with van der Waals surface area (Å²) in [5.41, 5.74) is 2.03. The molecule has 1 aliphatic carbocycles. The molecule has 0 spiro atoms. The molecule has 1 aromatic carbocycles. The summed E-state index contributed by atoms with van der Waals surface area (Å²) < 4.78 is 0. The van der Waals surface area contributed by atoms with Crippen molar-refractivity contribution in [2.24, 2.45) is 5.92 Å². The lowest BCUT2D eigenvalue weighted by Crippen LogP contribution is -2.42. The third-order valence-corrected chi connectivity index (χ3v) is 5.97. The third-order valence-electron chi connectivity index (χ3n) is 5.97. The van der Waals surface area contributed by atoms with E-state index in [0.29, 0.717) is 24.9 Å². The van der Waals surface area contributed by atoms with E-state index in [9.17, 15) is 9.59 Å². The van der Waals surface area contributed by atoms with Crippen LogP contribution in [0.4, 0.5) is 5.69 Å². The van der Waals surface area contributed by atoms with E-state index < -0.39 is 0 Å². The van der Waals surface area contributed by atoms with Gasteiger partial charge in [-0.05, 0) is 49.3 Å². The van der Waals surface area contributed by atoms with Crippen LogP contribution in [0.15, 0.2) is 24.3 Å². The maximum atomic E-state index is 12.5. The highest BCUT2D eigenvalue weighted by Crippen LogP contribution is 2.33. The van der Waals surface area contributed by atoms with Crippen molar-refractivity contribution < 1.29 is 9.59 Å². The molecule has 2 aliphatic heterocycles. The van der Waals surface area contributed by atoms with Crippen LogP contribution in [0.5, 0.6) is 0 Å². The second kappa shape index (κ2) is 7.16. The Labute approximate surface area is 149 Å². The molecule has 0 aromatic heterocycles. The maximum absolute atomic E-state index is 12.5. The zero-order valence-corrected chi connectivity index (χ0v) is 14.7. The van der Waals surface area contributed by atoms with Crippen LogP contribution in [0.3, 0.4) is 0 Å². The van der Waals surface area contributed by atoms with Gasteiger partial charge in [0.2, 0.25) is 11.8 Å². The predicted molar refractivity (Wildman–Crippen MR) is 97.2 cm³/mol. The number of rotatable bonds is 4. The fourth-order valence-electron chi connectivity index (χ4n) is 4.55. The van der Waals surface area contributed by atoms with Crippen molar-refractivity contribution in [1.82, 2.24) is 10.6 Å². The molecule has 2 heterocycles. The van der Waals surface area contributed by atoms with Gasteiger partial charge in [0.25, 0.3) is 0 Å². The summed E-state index contributed by atoms with van der Waals surface area (Å²) >= 11 is 0. The first kappa shape index (κ1) is 16.6. The van der Waals surface area contributed by atoms with Gasteiger partial charge < -0.3 is 15.5 Å². The smallest absolute Gasteiger partial charge is 0.237 e. The van der Waals surface area contributed by atoms with Crippen molar-refractivity contribution in [2.75, 3.05) is 11.4 Å². The first-order chi connectivity index (χ1) is 12.2. The first-order valence-electron chi connectivity index (χ1n) is 9.64. The maximum Gasteiger partial charge on any atom is 0.237 e. The van der Waals surface area contributed by atoms with E-state index in [0.717, 1.165) is 30.6 Å². The van der Waals surface area contributed by atoms with Crippen molar-refractivity contribution in [2.45, 2.75) is 63.6 Å². The Morgan fingerprint density at radius 1 is 1.16 bits per heavy atom. The lowest BCUT2D eigenvalue weighted by Gasteiger charge is -2.24. The highest BCUT2D eigenvalue weighted by Gasteiger charge is 2.37. The van der Waals surface area contributed by atoms with Gasteiger partial charge in [-0.3, -0.25) is 9.59 Å². The number of fused-ring (bicyclic) bond motifs is 1. The van der Waals surface area contributed by atoms with Crippen LogP contribution in [0.2, 0.25) is 0 Å². The van der Waals surface area contributed by atoms with Crippen LogP contribution in [0.1, 0.15) is 50.5 Å². The Kier molecular flexibility index (Phi) is 4.75. The van der Waals surface area contributed by atoms with E-state index in [1.807, 2.05) is 29.2 Å². The van der Waals surface area contributed by atoms with Crippen LogP contribution in [-0.4, -0.2) is 30.4 Å². The second-order valence-electron chi connectivity index (χ2n) is 7.64. The molecule has 2 saturated heterocycles. The topological polar surface area (TPSA) is 61.4 Å². The summed E-state index contributed by atoms with van der Waals surface area (Å²) in [6.07, 6.45) is 7.63. The monoisotopic (exact) mass is 341 g/mol. The van der Waals surface area contributed by atoms with E-state index in [4.69, 9.17) is 0 Å². The fraction of sp³-hybridized carbons (Fsp3) is 0.600. The number of nitrogens with one attached hydrogen (secondary N) is 2. The molecule has 25 heavy (non-hydrogen) atoms. The van der Waals surface area contributed by atoms with Gasteiger partial charge in [-0.2, -0.15) is 0 Å². The minimum atomic E-state index is -0.0328. The van der Waals surface area contributed by atoms with Crippen molar-refractivity contribution in [3.05, 3.63) is 29.8 Å². The van der Waals surface area contributed by atoms with E-state index in [1.165, 1.54) is 25.7 Å². The van der Waals surface area contributed by atoms with E-state index >= 15 is 0 Å². The standard InChI is InChI=1S/C20H27N3O2/c24-19-6-3-11-23(19)16-9-7-14(8-10-16)13-21-20(25)18-12-15-4-1-2-5-17(15)22-18/h7-10,15,17-18,22H,1-6,11-13H2,(H,21,25). The van der Waals surface area contributed by atoms with E-state index in [2.05, 4.69) is 10.6 Å². The van der Waals surface area contributed by atoms with Gasteiger partial charge in [0.15, 0.2) is 0 Å². The van der Waals surface area contributed by atoms with Crippen LogP contribution in [-0.2, 0) is 16.1 Å². The lowest BCUT2D eigenvalue weighted by atomic mass is 9.85. The molecule has 2 N–H and O–H groups in total. The quantitative estimate of drug-likeness (QED) is 0.884. The normalized spacial score (nSPS) is 28.9. The fourth-order valence-corrected chi connectivity index (χ4v) is 4.55. The zero-order chi connectivity index (χ0) is 17.2. The first-order valence-corrected chi connectivity index (χ1v) is 9.64. The van der Waals surface area contributed by atoms with Gasteiger partial charge in [0, 0.05) is 31.2 Å². The highest BCUT2D eigenvalue weighted by atomic mass is 16.2. The number of carbonyl (C=O) groups is 2. The summed E-state index contributed by atoms with van der Waals surface area (Å²) in [6.45, 7) is 1.35. The molecule has 5 heteroatoms. The molecule has 5 nitrogen and oxygen atoms in total. The van der Waals surface area contributed by atoms with Crippen molar-refractivity contribution in [1.29, 1.82) is 0 Å². The van der Waals surface area contributed by atoms with Gasteiger partial charge in [-0.15, -0.1) is 0 Å². The van der Waals surface area contributed by atoms with Crippen molar-refractivity contribution in [3.63, 3.8) is 0 Å². The van der Waals surface area contributed by atoms with Crippen LogP contribution in [0, 0.1) is 5.92 Å². The molecule has 1 saturated carbocycles. The summed E-state index contributed by atoms with van der Waals surface area (Å²) in [5, 5.41) is 6.59. The molecule has 3 aliphatic rings. The van der Waals surface area contributed by atoms with Gasteiger partial charge in [0.1, 0.15) is 0 Å². The third kappa shape index (κ3) is 3.56. The van der Waals surface area contributed by atoms with E-state index in [1.54, 1.807) is 0 Å². The summed E-state index contributed by atoms with van der Waals surface area (Å²) in [7, 11) is 0. The molecule has 0 radical (unpaired) electrons. The van der Waals surface area contributed by atoms with Crippen LogP contribution >= 0.6 is 0 Å².